The molecule has 2 aromatic heterocycles. The van der Waals surface area contributed by atoms with E-state index in [0.717, 1.165) is 11.0 Å². The van der Waals surface area contributed by atoms with Crippen LogP contribution in [0.2, 0.25) is 0 Å². The first-order chi connectivity index (χ1) is 12.1. The van der Waals surface area contributed by atoms with E-state index in [0.29, 0.717) is 15.1 Å². The smallest absolute Gasteiger partial charge is 0.274 e. The third-order valence-electron chi connectivity index (χ3n) is 3.95. The number of fused-ring (bicyclic) bond motifs is 3. The van der Waals surface area contributed by atoms with Crippen LogP contribution in [0.1, 0.15) is 5.56 Å². The lowest BCUT2D eigenvalue weighted by molar-refractivity contribution is 0.340. The van der Waals surface area contributed by atoms with Crippen LogP contribution in [0.25, 0.3) is 22.1 Å². The Bertz CT molecular complexity index is 1180. The van der Waals surface area contributed by atoms with Crippen LogP contribution < -0.4 is 19.6 Å². The van der Waals surface area contributed by atoms with Gasteiger partial charge in [-0.1, -0.05) is 23.5 Å². The van der Waals surface area contributed by atoms with Crippen LogP contribution in [0.15, 0.2) is 41.2 Å². The lowest BCUT2D eigenvalue weighted by atomic mass is 10.1. The van der Waals surface area contributed by atoms with Crippen LogP contribution in [0.5, 0.6) is 17.2 Å². The fourth-order valence-electron chi connectivity index (χ4n) is 2.76. The standard InChI is InChI=1S/C18H14N2O4S/c1-23-13-7-10(8-14(24-2)16(13)21)9-15-17(22)20-12-6-4-3-5-11(12)19-18(20)25-15/h3-9,21H,1-2H3. The molecule has 7 heteroatoms. The number of hydrogen-bond acceptors (Lipinski definition) is 6. The molecule has 25 heavy (non-hydrogen) atoms. The van der Waals surface area contributed by atoms with E-state index in [1.165, 1.54) is 25.6 Å². The molecular formula is C18H14N2O4S. The predicted molar refractivity (Wildman–Crippen MR) is 96.8 cm³/mol. The van der Waals surface area contributed by atoms with Gasteiger partial charge in [-0.15, -0.1) is 0 Å². The molecule has 6 nitrogen and oxygen atoms in total. The molecule has 2 aromatic carbocycles. The summed E-state index contributed by atoms with van der Waals surface area (Å²) in [5.41, 5.74) is 2.15. The zero-order chi connectivity index (χ0) is 17.6. The van der Waals surface area contributed by atoms with Crippen LogP contribution in [0.4, 0.5) is 0 Å². The number of thiazole rings is 1. The fourth-order valence-corrected chi connectivity index (χ4v) is 3.75. The van der Waals surface area contributed by atoms with Gasteiger partial charge in [-0.3, -0.25) is 4.79 Å². The van der Waals surface area contributed by atoms with Crippen molar-refractivity contribution in [3.05, 3.63) is 56.8 Å². The Morgan fingerprint density at radius 3 is 2.52 bits per heavy atom. The molecule has 126 valence electrons. The molecule has 0 saturated carbocycles. The summed E-state index contributed by atoms with van der Waals surface area (Å²) >= 11 is 1.32. The first kappa shape index (κ1) is 15.5. The number of phenols is 1. The van der Waals surface area contributed by atoms with Crippen molar-refractivity contribution in [2.75, 3.05) is 14.2 Å². The van der Waals surface area contributed by atoms with E-state index in [2.05, 4.69) is 4.98 Å². The topological polar surface area (TPSA) is 73.1 Å². The normalized spacial score (nSPS) is 12.2. The van der Waals surface area contributed by atoms with Gasteiger partial charge in [0.2, 0.25) is 5.75 Å². The van der Waals surface area contributed by atoms with Crippen molar-refractivity contribution in [2.24, 2.45) is 0 Å². The molecule has 0 saturated heterocycles. The summed E-state index contributed by atoms with van der Waals surface area (Å²) in [5, 5.41) is 10.00. The number of nitrogens with zero attached hydrogens (tertiary/aromatic N) is 2. The molecule has 0 atom stereocenters. The zero-order valence-electron chi connectivity index (χ0n) is 13.5. The summed E-state index contributed by atoms with van der Waals surface area (Å²) in [6.07, 6.45) is 1.74. The Morgan fingerprint density at radius 1 is 1.16 bits per heavy atom. The summed E-state index contributed by atoms with van der Waals surface area (Å²) in [5.74, 6) is 0.492. The third-order valence-corrected chi connectivity index (χ3v) is 4.91. The predicted octanol–water partition coefficient (Wildman–Crippen LogP) is 2.18. The van der Waals surface area contributed by atoms with E-state index in [1.54, 1.807) is 22.6 Å². The minimum absolute atomic E-state index is 0.0727. The van der Waals surface area contributed by atoms with Crippen molar-refractivity contribution < 1.29 is 14.6 Å². The highest BCUT2D eigenvalue weighted by Crippen LogP contribution is 2.37. The third kappa shape index (κ3) is 2.40. The molecule has 0 amide bonds. The molecule has 0 bridgehead atoms. The van der Waals surface area contributed by atoms with Gasteiger partial charge in [-0.25, -0.2) is 9.38 Å². The number of aromatic nitrogens is 2. The van der Waals surface area contributed by atoms with Crippen LogP contribution in [-0.4, -0.2) is 28.7 Å². The van der Waals surface area contributed by atoms with Gasteiger partial charge >= 0.3 is 0 Å². The molecule has 0 aliphatic rings. The van der Waals surface area contributed by atoms with Gasteiger partial charge in [0.1, 0.15) is 0 Å². The van der Waals surface area contributed by atoms with Gasteiger partial charge in [0.25, 0.3) is 5.56 Å². The SMILES string of the molecule is COc1cc(C=c2sc3nc4ccccc4n3c2=O)cc(OC)c1O. The molecule has 4 aromatic rings. The van der Waals surface area contributed by atoms with Crippen molar-refractivity contribution in [3.8, 4) is 17.2 Å². The van der Waals surface area contributed by atoms with Gasteiger partial charge in [0.05, 0.1) is 29.8 Å². The second kappa shape index (κ2) is 5.78. The van der Waals surface area contributed by atoms with Crippen molar-refractivity contribution in [1.29, 1.82) is 0 Å². The number of methoxy groups -OCH3 is 2. The molecule has 2 heterocycles. The van der Waals surface area contributed by atoms with E-state index in [9.17, 15) is 9.90 Å². The molecule has 0 fully saturated rings. The van der Waals surface area contributed by atoms with E-state index >= 15 is 0 Å². The quantitative estimate of drug-likeness (QED) is 0.610. The monoisotopic (exact) mass is 354 g/mol. The molecule has 4 rings (SSSR count). The van der Waals surface area contributed by atoms with E-state index in [4.69, 9.17) is 9.47 Å². The summed E-state index contributed by atoms with van der Waals surface area (Å²) in [4.78, 5) is 17.9. The number of rotatable bonds is 3. The first-order valence-electron chi connectivity index (χ1n) is 7.49. The number of ether oxygens (including phenoxy) is 2. The Kier molecular flexibility index (Phi) is 3.58. The highest BCUT2D eigenvalue weighted by molar-refractivity contribution is 7.15. The molecule has 0 aliphatic carbocycles. The average molecular weight is 354 g/mol. The van der Waals surface area contributed by atoms with E-state index in [-0.39, 0.29) is 22.8 Å². The van der Waals surface area contributed by atoms with Gasteiger partial charge < -0.3 is 14.6 Å². The maximum absolute atomic E-state index is 12.8. The first-order valence-corrected chi connectivity index (χ1v) is 8.30. The van der Waals surface area contributed by atoms with Crippen molar-refractivity contribution in [3.63, 3.8) is 0 Å². The van der Waals surface area contributed by atoms with Gasteiger partial charge in [0.15, 0.2) is 16.5 Å². The second-order valence-electron chi connectivity index (χ2n) is 5.41. The van der Waals surface area contributed by atoms with E-state index < -0.39 is 0 Å². The molecule has 0 spiro atoms. The molecule has 0 radical (unpaired) electrons. The maximum atomic E-state index is 12.8. The molecule has 1 N–H and O–H groups in total. The number of phenolic OH excluding ortho intramolecular Hbond substituents is 1. The Hall–Kier alpha value is -3.06. The van der Waals surface area contributed by atoms with E-state index in [1.807, 2.05) is 24.3 Å². The second-order valence-corrected chi connectivity index (χ2v) is 6.42. The number of benzene rings is 2. The number of para-hydroxylation sites is 2. The Labute approximate surface area is 146 Å². The van der Waals surface area contributed by atoms with Crippen LogP contribution in [-0.2, 0) is 0 Å². The van der Waals surface area contributed by atoms with Crippen molar-refractivity contribution >= 4 is 33.4 Å². The summed E-state index contributed by atoms with van der Waals surface area (Å²) in [6, 6.07) is 10.8. The minimum Gasteiger partial charge on any atom is -0.502 e. The Balaban J connectivity index is 1.96. The Morgan fingerprint density at radius 2 is 1.84 bits per heavy atom. The number of imidazole rings is 1. The van der Waals surface area contributed by atoms with Crippen LogP contribution >= 0.6 is 11.3 Å². The minimum atomic E-state index is -0.125. The van der Waals surface area contributed by atoms with Gasteiger partial charge in [-0.2, -0.15) is 0 Å². The number of aromatic hydroxyl groups is 1. The summed E-state index contributed by atoms with van der Waals surface area (Å²) in [6.45, 7) is 0. The average Bonchev–Trinajstić information content (AvgIpc) is 3.13. The van der Waals surface area contributed by atoms with Crippen LogP contribution in [0.3, 0.4) is 0 Å². The lowest BCUT2D eigenvalue weighted by Crippen LogP contribution is -2.22. The van der Waals surface area contributed by atoms with Crippen molar-refractivity contribution in [1.82, 2.24) is 9.38 Å². The highest BCUT2D eigenvalue weighted by Gasteiger charge is 2.13. The molecule has 0 aliphatic heterocycles. The highest BCUT2D eigenvalue weighted by atomic mass is 32.1. The zero-order valence-corrected chi connectivity index (χ0v) is 14.3. The summed E-state index contributed by atoms with van der Waals surface area (Å²) in [7, 11) is 2.92. The molecular weight excluding hydrogens is 340 g/mol. The maximum Gasteiger partial charge on any atom is 0.274 e. The fraction of sp³-hybridized carbons (Fsp3) is 0.111. The largest absolute Gasteiger partial charge is 0.502 e. The van der Waals surface area contributed by atoms with Crippen LogP contribution in [0, 0.1) is 0 Å². The summed E-state index contributed by atoms with van der Waals surface area (Å²) < 4.78 is 12.5. The number of hydrogen-bond donors (Lipinski definition) is 1. The van der Waals surface area contributed by atoms with Crippen molar-refractivity contribution in [2.45, 2.75) is 0 Å². The molecule has 0 unspecified atom stereocenters. The van der Waals surface area contributed by atoms with Gasteiger partial charge in [-0.05, 0) is 35.9 Å². The lowest BCUT2D eigenvalue weighted by Gasteiger charge is -2.09. The van der Waals surface area contributed by atoms with Gasteiger partial charge in [0, 0.05) is 0 Å².